The number of nitrogen functional groups attached to an aromatic ring is 1. The number of nitrogens with zero attached hydrogens (tertiary/aromatic N) is 2. The molecule has 140 valence electrons. The second-order valence-corrected chi connectivity index (χ2v) is 7.80. The summed E-state index contributed by atoms with van der Waals surface area (Å²) in [6.07, 6.45) is 5.29. The van der Waals surface area contributed by atoms with Gasteiger partial charge < -0.3 is 10.5 Å². The minimum Gasteiger partial charge on any atom is -0.462 e. The van der Waals surface area contributed by atoms with Gasteiger partial charge in [-0.25, -0.2) is 14.8 Å². The molecule has 0 saturated heterocycles. The maximum Gasteiger partial charge on any atom is 0.340 e. The lowest BCUT2D eigenvalue weighted by molar-refractivity contribution is 0.0526. The third-order valence-corrected chi connectivity index (χ3v) is 6.02. The van der Waals surface area contributed by atoms with Crippen LogP contribution in [0.4, 0.5) is 5.69 Å². The number of hydrogen-bond donors (Lipinski definition) is 1. The highest BCUT2D eigenvalue weighted by Gasteiger charge is 2.26. The average Bonchev–Trinajstić information content (AvgIpc) is 3.06. The molecule has 2 N–H and O–H groups in total. The number of hydrogen-bond acceptors (Lipinski definition) is 6. The number of carbonyl (C=O) groups excluding carboxylic acids is 1. The van der Waals surface area contributed by atoms with Gasteiger partial charge in [-0.1, -0.05) is 12.5 Å². The second-order valence-electron chi connectivity index (χ2n) is 6.85. The number of rotatable bonds is 3. The van der Waals surface area contributed by atoms with E-state index in [1.165, 1.54) is 6.42 Å². The van der Waals surface area contributed by atoms with Gasteiger partial charge in [0.1, 0.15) is 0 Å². The van der Waals surface area contributed by atoms with E-state index < -0.39 is 0 Å². The van der Waals surface area contributed by atoms with E-state index in [2.05, 4.69) is 4.98 Å². The number of nitrogens with two attached hydrogens (primary N) is 1. The Hall–Kier alpha value is -2.47. The van der Waals surface area contributed by atoms with Crippen molar-refractivity contribution >= 4 is 34.0 Å². The van der Waals surface area contributed by atoms with Crippen molar-refractivity contribution in [2.45, 2.75) is 46.0 Å². The molecule has 3 heterocycles. The van der Waals surface area contributed by atoms with Crippen LogP contribution in [-0.2, 0) is 17.6 Å². The van der Waals surface area contributed by atoms with Crippen molar-refractivity contribution in [1.29, 1.82) is 0 Å². The number of fused-ring (bicyclic) bond motifs is 2. The van der Waals surface area contributed by atoms with E-state index in [0.29, 0.717) is 23.5 Å². The smallest absolute Gasteiger partial charge is 0.340 e. The van der Waals surface area contributed by atoms with Crippen molar-refractivity contribution in [3.05, 3.63) is 40.0 Å². The SMILES string of the molecule is CCOC(=O)c1c(C)nc2nc3c(c(N)c2c1-c1cccs1)CCCCC3. The van der Waals surface area contributed by atoms with Crippen molar-refractivity contribution in [1.82, 2.24) is 9.97 Å². The van der Waals surface area contributed by atoms with E-state index in [9.17, 15) is 4.79 Å². The number of carbonyl (C=O) groups is 1. The minimum absolute atomic E-state index is 0.318. The highest BCUT2D eigenvalue weighted by molar-refractivity contribution is 7.13. The Bertz CT molecular complexity index is 1010. The molecule has 5 nitrogen and oxygen atoms in total. The summed E-state index contributed by atoms with van der Waals surface area (Å²) in [6.45, 7) is 3.97. The van der Waals surface area contributed by atoms with Gasteiger partial charge in [-0.3, -0.25) is 0 Å². The van der Waals surface area contributed by atoms with Crippen LogP contribution in [-0.4, -0.2) is 22.5 Å². The number of ether oxygens (including phenoxy) is 1. The topological polar surface area (TPSA) is 78.1 Å². The lowest BCUT2D eigenvalue weighted by Gasteiger charge is -2.18. The van der Waals surface area contributed by atoms with Crippen LogP contribution in [0.25, 0.3) is 21.5 Å². The molecule has 3 aromatic rings. The largest absolute Gasteiger partial charge is 0.462 e. The zero-order valence-electron chi connectivity index (χ0n) is 15.7. The van der Waals surface area contributed by atoms with E-state index in [0.717, 1.165) is 58.5 Å². The summed E-state index contributed by atoms with van der Waals surface area (Å²) in [4.78, 5) is 23.3. The maximum absolute atomic E-state index is 12.8. The van der Waals surface area contributed by atoms with Gasteiger partial charge in [-0.2, -0.15) is 0 Å². The molecule has 1 aliphatic rings. The van der Waals surface area contributed by atoms with Crippen LogP contribution >= 0.6 is 11.3 Å². The molecule has 0 atom stereocenters. The first-order valence-electron chi connectivity index (χ1n) is 9.44. The molecule has 0 aliphatic heterocycles. The van der Waals surface area contributed by atoms with Crippen LogP contribution < -0.4 is 5.73 Å². The fourth-order valence-electron chi connectivity index (χ4n) is 3.90. The first kappa shape index (κ1) is 17.9. The molecule has 0 spiro atoms. The number of pyridine rings is 2. The Morgan fingerprint density at radius 1 is 1.26 bits per heavy atom. The van der Waals surface area contributed by atoms with Crippen molar-refractivity contribution in [3.8, 4) is 10.4 Å². The van der Waals surface area contributed by atoms with Crippen molar-refractivity contribution in [3.63, 3.8) is 0 Å². The lowest BCUT2D eigenvalue weighted by atomic mass is 9.96. The van der Waals surface area contributed by atoms with Crippen LogP contribution in [0.1, 0.15) is 53.5 Å². The van der Waals surface area contributed by atoms with Gasteiger partial charge in [0.15, 0.2) is 5.65 Å². The number of aryl methyl sites for hydroxylation is 2. The Morgan fingerprint density at radius 3 is 2.81 bits per heavy atom. The summed E-state index contributed by atoms with van der Waals surface area (Å²) in [5, 5.41) is 2.78. The first-order chi connectivity index (χ1) is 13.1. The van der Waals surface area contributed by atoms with Crippen molar-refractivity contribution in [2.75, 3.05) is 12.3 Å². The van der Waals surface area contributed by atoms with E-state index >= 15 is 0 Å². The summed E-state index contributed by atoms with van der Waals surface area (Å²) in [5.41, 5.74) is 12.1. The van der Waals surface area contributed by atoms with E-state index in [-0.39, 0.29) is 5.97 Å². The van der Waals surface area contributed by atoms with Gasteiger partial charge in [-0.05, 0) is 56.5 Å². The fourth-order valence-corrected chi connectivity index (χ4v) is 4.69. The Kier molecular flexibility index (Phi) is 4.83. The van der Waals surface area contributed by atoms with Crippen LogP contribution in [0, 0.1) is 6.92 Å². The zero-order valence-corrected chi connectivity index (χ0v) is 16.5. The molecule has 0 amide bonds. The molecule has 0 bridgehead atoms. The second kappa shape index (κ2) is 7.27. The highest BCUT2D eigenvalue weighted by Crippen LogP contribution is 2.41. The van der Waals surface area contributed by atoms with E-state index in [4.69, 9.17) is 15.5 Å². The molecule has 0 saturated carbocycles. The quantitative estimate of drug-likeness (QED) is 0.526. The van der Waals surface area contributed by atoms with Gasteiger partial charge in [0.2, 0.25) is 0 Å². The molecule has 0 unspecified atom stereocenters. The number of esters is 1. The Morgan fingerprint density at radius 2 is 2.07 bits per heavy atom. The Balaban J connectivity index is 2.10. The van der Waals surface area contributed by atoms with Crippen LogP contribution in [0.15, 0.2) is 17.5 Å². The van der Waals surface area contributed by atoms with Crippen LogP contribution in [0.5, 0.6) is 0 Å². The number of thiophene rings is 1. The fraction of sp³-hybridized carbons (Fsp3) is 0.381. The van der Waals surface area contributed by atoms with Crippen molar-refractivity contribution in [2.24, 2.45) is 0 Å². The molecule has 27 heavy (non-hydrogen) atoms. The predicted octanol–water partition coefficient (Wildman–Crippen LogP) is 4.69. The molecule has 6 heteroatoms. The molecule has 0 radical (unpaired) electrons. The van der Waals surface area contributed by atoms with Gasteiger partial charge in [0.25, 0.3) is 0 Å². The third kappa shape index (κ3) is 3.08. The van der Waals surface area contributed by atoms with Gasteiger partial charge in [0, 0.05) is 21.8 Å². The molecule has 0 aromatic carbocycles. The normalized spacial score (nSPS) is 14.0. The van der Waals surface area contributed by atoms with Gasteiger partial charge in [-0.15, -0.1) is 11.3 Å². The van der Waals surface area contributed by atoms with Gasteiger partial charge >= 0.3 is 5.97 Å². The van der Waals surface area contributed by atoms with Gasteiger partial charge in [0.05, 0.1) is 23.3 Å². The standard InChI is InChI=1S/C21H23N3O2S/c1-3-26-21(25)16-12(2)23-20-18(17(16)15-10-7-11-27-15)19(22)13-8-5-4-6-9-14(13)24-20/h7,10-11H,3-6,8-9H2,1-2H3,(H2,22,23,24). The Labute approximate surface area is 162 Å². The molecule has 1 aliphatic carbocycles. The summed E-state index contributed by atoms with van der Waals surface area (Å²) >= 11 is 1.58. The predicted molar refractivity (Wildman–Crippen MR) is 109 cm³/mol. The number of anilines is 1. The van der Waals surface area contributed by atoms with Crippen LogP contribution in [0.3, 0.4) is 0 Å². The van der Waals surface area contributed by atoms with Crippen LogP contribution in [0.2, 0.25) is 0 Å². The summed E-state index contributed by atoms with van der Waals surface area (Å²) < 4.78 is 5.33. The molecule has 3 aromatic heterocycles. The highest BCUT2D eigenvalue weighted by atomic mass is 32.1. The minimum atomic E-state index is -0.359. The average molecular weight is 382 g/mol. The third-order valence-electron chi connectivity index (χ3n) is 5.13. The number of aromatic nitrogens is 2. The molecule has 0 fully saturated rings. The maximum atomic E-state index is 12.8. The first-order valence-corrected chi connectivity index (χ1v) is 10.3. The van der Waals surface area contributed by atoms with E-state index in [1.807, 2.05) is 31.4 Å². The van der Waals surface area contributed by atoms with Crippen molar-refractivity contribution < 1.29 is 9.53 Å². The summed E-state index contributed by atoms with van der Waals surface area (Å²) in [5.74, 6) is -0.359. The monoisotopic (exact) mass is 381 g/mol. The molecular weight excluding hydrogens is 358 g/mol. The lowest BCUT2D eigenvalue weighted by Crippen LogP contribution is -2.13. The molecular formula is C21H23N3O2S. The summed E-state index contributed by atoms with van der Waals surface area (Å²) in [7, 11) is 0. The summed E-state index contributed by atoms with van der Waals surface area (Å²) in [6, 6.07) is 3.98. The molecule has 4 rings (SSSR count). The zero-order chi connectivity index (χ0) is 19.0. The van der Waals surface area contributed by atoms with E-state index in [1.54, 1.807) is 11.3 Å².